The quantitative estimate of drug-likeness (QED) is 0.656. The number of rotatable bonds is 2. The van der Waals surface area contributed by atoms with Crippen LogP contribution in [0.5, 0.6) is 17.2 Å². The Hall–Kier alpha value is -1.73. The number of benzene rings is 2. The molecule has 0 aromatic heterocycles. The van der Waals surface area contributed by atoms with E-state index in [1.54, 1.807) is 18.2 Å². The summed E-state index contributed by atoms with van der Waals surface area (Å²) < 4.78 is 21.3. The summed E-state index contributed by atoms with van der Waals surface area (Å²) in [6, 6.07) is 12.6. The Labute approximate surface area is 150 Å². The molecule has 0 saturated carbocycles. The summed E-state index contributed by atoms with van der Waals surface area (Å²) in [5, 5.41) is 0. The van der Waals surface area contributed by atoms with Crippen molar-refractivity contribution >= 4 is 37.8 Å². The first-order valence-electron chi connectivity index (χ1n) is 6.35. The maximum absolute atomic E-state index is 11.2. The second kappa shape index (κ2) is 8.21. The third-order valence-electron chi connectivity index (χ3n) is 2.77. The number of fused-ring (bicyclic) bond motifs is 1. The fourth-order valence-electron chi connectivity index (χ4n) is 1.71. The van der Waals surface area contributed by atoms with Crippen molar-refractivity contribution in [3.8, 4) is 17.2 Å². The van der Waals surface area contributed by atoms with E-state index in [1.807, 2.05) is 6.07 Å². The molecule has 3 rings (SSSR count). The lowest BCUT2D eigenvalue weighted by Crippen LogP contribution is -2.03. The molecule has 1 aliphatic rings. The van der Waals surface area contributed by atoms with Crippen molar-refractivity contribution in [3.05, 3.63) is 50.9 Å². The van der Waals surface area contributed by atoms with E-state index in [9.17, 15) is 4.79 Å². The van der Waals surface area contributed by atoms with Crippen LogP contribution in [0.2, 0.25) is 0 Å². The third-order valence-corrected chi connectivity index (χ3v) is 3.69. The number of hydrogen-bond acceptors (Lipinski definition) is 5. The molecule has 0 fully saturated rings. The monoisotopic (exact) mass is 442 g/mol. The summed E-state index contributed by atoms with van der Waals surface area (Å²) in [4.78, 5) is 11.2. The minimum absolute atomic E-state index is 0.319. The van der Waals surface area contributed by atoms with Gasteiger partial charge in [-0.3, -0.25) is 0 Å². The number of halogens is 2. The summed E-state index contributed by atoms with van der Waals surface area (Å²) in [6.07, 6.45) is 0. The zero-order valence-corrected chi connectivity index (χ0v) is 15.5. The summed E-state index contributed by atoms with van der Waals surface area (Å²) in [7, 11) is 2.82. The van der Waals surface area contributed by atoms with Gasteiger partial charge in [-0.15, -0.1) is 0 Å². The molecule has 0 saturated heterocycles. The number of methoxy groups -OCH3 is 2. The van der Waals surface area contributed by atoms with Crippen molar-refractivity contribution < 1.29 is 23.7 Å². The zero-order chi connectivity index (χ0) is 16.8. The van der Waals surface area contributed by atoms with E-state index in [1.165, 1.54) is 14.2 Å². The van der Waals surface area contributed by atoms with Gasteiger partial charge in [0.05, 0.1) is 14.2 Å². The highest BCUT2D eigenvalue weighted by Crippen LogP contribution is 2.33. The minimum atomic E-state index is -0.424. The highest BCUT2D eigenvalue weighted by Gasteiger charge is 2.13. The summed E-state index contributed by atoms with van der Waals surface area (Å²) in [5.74, 6) is 1.58. The second-order valence-electron chi connectivity index (χ2n) is 4.17. The van der Waals surface area contributed by atoms with Gasteiger partial charge < -0.3 is 18.9 Å². The first kappa shape index (κ1) is 17.6. The van der Waals surface area contributed by atoms with Crippen LogP contribution in [0.4, 0.5) is 0 Å². The highest BCUT2D eigenvalue weighted by molar-refractivity contribution is 9.10. The molecule has 0 unspecified atom stereocenters. The molecule has 0 N–H and O–H groups in total. The van der Waals surface area contributed by atoms with Gasteiger partial charge in [-0.1, -0.05) is 31.9 Å². The van der Waals surface area contributed by atoms with Crippen LogP contribution in [0.25, 0.3) is 0 Å². The minimum Gasteiger partial charge on any atom is -0.496 e. The van der Waals surface area contributed by atoms with Crippen molar-refractivity contribution in [3.63, 3.8) is 0 Å². The van der Waals surface area contributed by atoms with E-state index in [2.05, 4.69) is 48.7 Å². The Bertz CT molecular complexity index is 703. The van der Waals surface area contributed by atoms with Gasteiger partial charge in [0.1, 0.15) is 11.3 Å². The molecular formula is C16H12Br2O5. The van der Waals surface area contributed by atoms with Gasteiger partial charge in [-0.05, 0) is 24.3 Å². The van der Waals surface area contributed by atoms with Gasteiger partial charge in [0, 0.05) is 21.1 Å². The SMILES string of the molecule is Brc1[c]cc2c(c1)OCO2.COC(=O)c1cc(Br)[c]cc1OC. The molecule has 1 heterocycles. The molecule has 120 valence electrons. The number of hydrogen-bond donors (Lipinski definition) is 0. The smallest absolute Gasteiger partial charge is 0.341 e. The average molecular weight is 444 g/mol. The average Bonchev–Trinajstić information content (AvgIpc) is 3.02. The standard InChI is InChI=1S/C9H8BrO3.C7H4BrO2/c1-12-8-4-3-6(10)5-7(8)9(11)13-2;8-5-1-2-6-7(3-5)10-4-9-6/h4-5H,1-2H3;2-3H,4H2. The van der Waals surface area contributed by atoms with Crippen LogP contribution in [0.3, 0.4) is 0 Å². The van der Waals surface area contributed by atoms with Crippen molar-refractivity contribution in [2.75, 3.05) is 21.0 Å². The van der Waals surface area contributed by atoms with Crippen LogP contribution in [-0.4, -0.2) is 27.0 Å². The lowest BCUT2D eigenvalue weighted by molar-refractivity contribution is 0.0597. The number of carbonyl (C=O) groups excluding carboxylic acids is 1. The Balaban J connectivity index is 0.000000172. The normalized spacial score (nSPS) is 11.3. The molecular weight excluding hydrogens is 432 g/mol. The van der Waals surface area contributed by atoms with E-state index in [0.717, 1.165) is 16.0 Å². The number of carbonyl (C=O) groups is 1. The van der Waals surface area contributed by atoms with Gasteiger partial charge in [0.15, 0.2) is 11.5 Å². The molecule has 7 heteroatoms. The first-order chi connectivity index (χ1) is 11.0. The van der Waals surface area contributed by atoms with Crippen LogP contribution < -0.4 is 14.2 Å². The number of esters is 1. The van der Waals surface area contributed by atoms with Crippen LogP contribution in [-0.2, 0) is 4.74 Å². The maximum atomic E-state index is 11.2. The highest BCUT2D eigenvalue weighted by atomic mass is 79.9. The molecule has 0 aliphatic carbocycles. The van der Waals surface area contributed by atoms with Crippen LogP contribution in [0, 0.1) is 12.1 Å². The van der Waals surface area contributed by atoms with Crippen LogP contribution >= 0.6 is 31.9 Å². The molecule has 0 spiro atoms. The van der Waals surface area contributed by atoms with Crippen molar-refractivity contribution in [1.82, 2.24) is 0 Å². The summed E-state index contributed by atoms with van der Waals surface area (Å²) in [5.41, 5.74) is 0.385. The molecule has 2 aromatic carbocycles. The molecule has 1 aliphatic heterocycles. The van der Waals surface area contributed by atoms with E-state index in [-0.39, 0.29) is 0 Å². The Morgan fingerprint density at radius 2 is 1.74 bits per heavy atom. The van der Waals surface area contributed by atoms with Gasteiger partial charge in [0.2, 0.25) is 6.79 Å². The lowest BCUT2D eigenvalue weighted by Gasteiger charge is -2.05. The molecule has 0 amide bonds. The summed E-state index contributed by atoms with van der Waals surface area (Å²) in [6.45, 7) is 0.319. The molecule has 2 aromatic rings. The predicted molar refractivity (Wildman–Crippen MR) is 90.0 cm³/mol. The first-order valence-corrected chi connectivity index (χ1v) is 7.94. The van der Waals surface area contributed by atoms with Crippen molar-refractivity contribution in [2.24, 2.45) is 0 Å². The van der Waals surface area contributed by atoms with Gasteiger partial charge >= 0.3 is 5.97 Å². The van der Waals surface area contributed by atoms with E-state index >= 15 is 0 Å². The third kappa shape index (κ3) is 4.62. The number of ether oxygens (including phenoxy) is 4. The molecule has 5 nitrogen and oxygen atoms in total. The fourth-order valence-corrected chi connectivity index (χ4v) is 2.37. The zero-order valence-electron chi connectivity index (χ0n) is 12.3. The fraction of sp³-hybridized carbons (Fsp3) is 0.188. The lowest BCUT2D eigenvalue weighted by atomic mass is 10.2. The second-order valence-corrected chi connectivity index (χ2v) is 5.88. The Morgan fingerprint density at radius 1 is 1.09 bits per heavy atom. The van der Waals surface area contributed by atoms with Gasteiger partial charge in [0.25, 0.3) is 0 Å². The summed E-state index contributed by atoms with van der Waals surface area (Å²) >= 11 is 6.48. The molecule has 0 atom stereocenters. The Morgan fingerprint density at radius 3 is 2.43 bits per heavy atom. The topological polar surface area (TPSA) is 54.0 Å². The van der Waals surface area contributed by atoms with Gasteiger partial charge in [-0.2, -0.15) is 0 Å². The van der Waals surface area contributed by atoms with E-state index in [4.69, 9.17) is 14.2 Å². The maximum Gasteiger partial charge on any atom is 0.341 e. The van der Waals surface area contributed by atoms with E-state index in [0.29, 0.717) is 22.6 Å². The molecule has 2 radical (unpaired) electrons. The van der Waals surface area contributed by atoms with Crippen molar-refractivity contribution in [2.45, 2.75) is 0 Å². The van der Waals surface area contributed by atoms with E-state index < -0.39 is 5.97 Å². The predicted octanol–water partition coefficient (Wildman–Crippen LogP) is 4.02. The molecule has 23 heavy (non-hydrogen) atoms. The molecule has 0 bridgehead atoms. The van der Waals surface area contributed by atoms with Gasteiger partial charge in [-0.25, -0.2) is 4.79 Å². The van der Waals surface area contributed by atoms with Crippen LogP contribution in [0.15, 0.2) is 33.2 Å². The van der Waals surface area contributed by atoms with Crippen molar-refractivity contribution in [1.29, 1.82) is 0 Å². The largest absolute Gasteiger partial charge is 0.496 e. The Kier molecular flexibility index (Phi) is 6.29. The van der Waals surface area contributed by atoms with Crippen LogP contribution in [0.1, 0.15) is 10.4 Å².